The van der Waals surface area contributed by atoms with Gasteiger partial charge in [0, 0.05) is 30.1 Å². The second-order valence-corrected chi connectivity index (χ2v) is 11.9. The molecule has 1 spiro atoms. The molecule has 2 aliphatic heterocycles. The Labute approximate surface area is 240 Å². The highest BCUT2D eigenvalue weighted by Gasteiger charge is 2.55. The summed E-state index contributed by atoms with van der Waals surface area (Å²) in [4.78, 5) is 53.5. The van der Waals surface area contributed by atoms with E-state index in [2.05, 4.69) is 10.6 Å². The molecule has 5 N–H and O–H groups in total. The predicted molar refractivity (Wildman–Crippen MR) is 146 cm³/mol. The van der Waals surface area contributed by atoms with E-state index in [4.69, 9.17) is 17.3 Å². The Morgan fingerprint density at radius 2 is 1.80 bits per heavy atom. The number of para-hydroxylation sites is 1. The third-order valence-corrected chi connectivity index (χ3v) is 7.65. The van der Waals surface area contributed by atoms with Gasteiger partial charge in [0.05, 0.1) is 11.6 Å². The van der Waals surface area contributed by atoms with Crippen LogP contribution >= 0.6 is 11.6 Å². The molecule has 4 amide bonds. The molecular weight excluding hydrogens is 563 g/mol. The molecule has 2 aliphatic rings. The molecule has 0 radical (unpaired) electrons. The van der Waals surface area contributed by atoms with Crippen LogP contribution in [0.1, 0.15) is 38.3 Å². The molecule has 0 saturated carbocycles. The van der Waals surface area contributed by atoms with E-state index in [-0.39, 0.29) is 25.3 Å². The van der Waals surface area contributed by atoms with Crippen LogP contribution in [0.25, 0.3) is 0 Å². The maximum absolute atomic E-state index is 14.0. The summed E-state index contributed by atoms with van der Waals surface area (Å²) in [6.07, 6.45) is -6.05. The number of nitrogens with zero attached hydrogens (tertiary/aromatic N) is 1. The number of nitrogens with two attached hydrogens (primary N) is 1. The van der Waals surface area contributed by atoms with Crippen molar-refractivity contribution in [3.05, 3.63) is 64.7 Å². The topological polar surface area (TPSA) is 134 Å². The van der Waals surface area contributed by atoms with Crippen LogP contribution in [0.5, 0.6) is 0 Å². The molecule has 1 saturated heterocycles. The Hall–Kier alpha value is -3.64. The summed E-state index contributed by atoms with van der Waals surface area (Å²) >= 11 is 6.12. The third-order valence-electron chi connectivity index (χ3n) is 7.41. The number of fused-ring (bicyclic) bond motifs is 2. The predicted octanol–water partition coefficient (Wildman–Crippen LogP) is 2.87. The fraction of sp³-hybridized carbons (Fsp3) is 0.429. The number of carbonyl (C=O) groups excluding carboxylic acids is 4. The summed E-state index contributed by atoms with van der Waals surface area (Å²) in [5.41, 5.74) is 6.04. The smallest absolute Gasteiger partial charge is 0.342 e. The van der Waals surface area contributed by atoms with Gasteiger partial charge in [-0.05, 0) is 34.7 Å². The van der Waals surface area contributed by atoms with Crippen molar-refractivity contribution < 1.29 is 32.3 Å². The van der Waals surface area contributed by atoms with Crippen LogP contribution in [0, 0.1) is 5.41 Å². The number of rotatable bonds is 6. The summed E-state index contributed by atoms with van der Waals surface area (Å²) < 4.78 is 39.1. The zero-order valence-electron chi connectivity index (χ0n) is 22.6. The van der Waals surface area contributed by atoms with Crippen LogP contribution in [0.3, 0.4) is 0 Å². The highest BCUT2D eigenvalue weighted by atomic mass is 35.5. The number of alkyl halides is 3. The van der Waals surface area contributed by atoms with Crippen molar-refractivity contribution in [3.63, 3.8) is 0 Å². The van der Waals surface area contributed by atoms with Gasteiger partial charge in [-0.1, -0.05) is 62.7 Å². The summed E-state index contributed by atoms with van der Waals surface area (Å²) in [7, 11) is 0. The van der Waals surface area contributed by atoms with Gasteiger partial charge in [0.15, 0.2) is 0 Å². The molecule has 13 heteroatoms. The number of carbonyl (C=O) groups is 4. The highest BCUT2D eigenvalue weighted by Crippen LogP contribution is 2.45. The van der Waals surface area contributed by atoms with E-state index >= 15 is 0 Å². The van der Waals surface area contributed by atoms with E-state index in [0.717, 1.165) is 0 Å². The molecule has 0 aromatic heterocycles. The number of benzene rings is 2. The van der Waals surface area contributed by atoms with Gasteiger partial charge in [-0.3, -0.25) is 19.2 Å². The molecule has 220 valence electrons. The molecule has 0 aliphatic carbocycles. The van der Waals surface area contributed by atoms with E-state index in [0.29, 0.717) is 21.8 Å². The summed E-state index contributed by atoms with van der Waals surface area (Å²) in [6.45, 7) is 4.39. The average molecular weight is 594 g/mol. The first-order valence-electron chi connectivity index (χ1n) is 12.9. The number of nitrogens with one attached hydrogen (secondary N) is 3. The monoisotopic (exact) mass is 593 g/mol. The molecule has 4 atom stereocenters. The maximum atomic E-state index is 14.0. The van der Waals surface area contributed by atoms with Crippen LogP contribution in [-0.4, -0.2) is 59.5 Å². The highest BCUT2D eigenvalue weighted by molar-refractivity contribution is 6.30. The second-order valence-electron chi connectivity index (χ2n) is 11.5. The van der Waals surface area contributed by atoms with E-state index in [9.17, 15) is 32.3 Å². The standard InChI is InChI=1S/C28H31ClF3N5O4/c1-26(2,3)21(36-25(41)28(30,31)32)22(38)34-19(12-15-7-6-8-16(29)11-15)23(39)37-14-27(13-20(37)33)17-9-4-5-10-18(17)35-24(27)40/h4-11,19-21H,12-14,33H2,1-3H3,(H,34,38)(H,35,40)(H,36,41)/t19-,20-,21+,27-/m0/s1. The van der Waals surface area contributed by atoms with Crippen molar-refractivity contribution in [3.8, 4) is 0 Å². The average Bonchev–Trinajstić information content (AvgIpc) is 3.36. The van der Waals surface area contributed by atoms with E-state index in [1.807, 2.05) is 0 Å². The molecule has 2 aromatic carbocycles. The number of halogens is 4. The van der Waals surface area contributed by atoms with Gasteiger partial charge in [-0.15, -0.1) is 0 Å². The first-order chi connectivity index (χ1) is 19.0. The minimum atomic E-state index is -5.21. The van der Waals surface area contributed by atoms with Gasteiger partial charge in [0.2, 0.25) is 17.7 Å². The Morgan fingerprint density at radius 1 is 1.12 bits per heavy atom. The Kier molecular flexibility index (Phi) is 8.12. The molecule has 9 nitrogen and oxygen atoms in total. The van der Waals surface area contributed by atoms with Crippen molar-refractivity contribution in [2.24, 2.45) is 11.1 Å². The number of likely N-dealkylation sites (tertiary alicyclic amines) is 1. The van der Waals surface area contributed by atoms with Crippen LogP contribution < -0.4 is 21.7 Å². The Balaban J connectivity index is 1.64. The lowest BCUT2D eigenvalue weighted by Gasteiger charge is -2.33. The molecule has 0 bridgehead atoms. The first kappa shape index (κ1) is 30.3. The summed E-state index contributed by atoms with van der Waals surface area (Å²) in [5.74, 6) is -4.20. The van der Waals surface area contributed by atoms with E-state index < -0.39 is 53.0 Å². The molecular formula is C28H31ClF3N5O4. The summed E-state index contributed by atoms with van der Waals surface area (Å²) in [6, 6.07) is 10.7. The van der Waals surface area contributed by atoms with E-state index in [1.165, 1.54) is 25.7 Å². The van der Waals surface area contributed by atoms with Crippen molar-refractivity contribution in [1.82, 2.24) is 15.5 Å². The third kappa shape index (κ3) is 6.18. The normalized spacial score (nSPS) is 21.7. The number of amides is 4. The Bertz CT molecular complexity index is 1380. The van der Waals surface area contributed by atoms with Crippen molar-refractivity contribution in [1.29, 1.82) is 0 Å². The van der Waals surface area contributed by atoms with Gasteiger partial charge in [-0.25, -0.2) is 0 Å². The molecule has 2 heterocycles. The molecule has 4 rings (SSSR count). The first-order valence-corrected chi connectivity index (χ1v) is 13.3. The Morgan fingerprint density at radius 3 is 2.44 bits per heavy atom. The minimum absolute atomic E-state index is 0.0642. The van der Waals surface area contributed by atoms with Crippen LogP contribution in [-0.2, 0) is 31.0 Å². The lowest BCUT2D eigenvalue weighted by molar-refractivity contribution is -0.175. The van der Waals surface area contributed by atoms with Gasteiger partial charge < -0.3 is 26.6 Å². The lowest BCUT2D eigenvalue weighted by atomic mass is 9.80. The SMILES string of the molecule is CC(C)(C)[C@H](NC(=O)C(F)(F)F)C(=O)N[C@@H](Cc1cccc(Cl)c1)C(=O)N1C[C@]2(C[C@H]1N)C(=O)Nc1ccccc12. The maximum Gasteiger partial charge on any atom is 0.471 e. The lowest BCUT2D eigenvalue weighted by Crippen LogP contribution is -2.60. The molecule has 2 aromatic rings. The van der Waals surface area contributed by atoms with Gasteiger partial charge in [0.25, 0.3) is 0 Å². The van der Waals surface area contributed by atoms with Crippen molar-refractivity contribution >= 4 is 40.9 Å². The fourth-order valence-corrected chi connectivity index (χ4v) is 5.57. The van der Waals surface area contributed by atoms with Gasteiger partial charge in [0.1, 0.15) is 12.1 Å². The number of hydrogen-bond donors (Lipinski definition) is 4. The number of hydrogen-bond acceptors (Lipinski definition) is 5. The van der Waals surface area contributed by atoms with Gasteiger partial charge in [-0.2, -0.15) is 13.2 Å². The summed E-state index contributed by atoms with van der Waals surface area (Å²) in [5, 5.41) is 7.50. The zero-order chi connectivity index (χ0) is 30.3. The minimum Gasteiger partial charge on any atom is -0.342 e. The zero-order valence-corrected chi connectivity index (χ0v) is 23.4. The quantitative estimate of drug-likeness (QED) is 0.409. The second kappa shape index (κ2) is 11.0. The fourth-order valence-electron chi connectivity index (χ4n) is 5.36. The van der Waals surface area contributed by atoms with Gasteiger partial charge >= 0.3 is 12.1 Å². The van der Waals surface area contributed by atoms with Crippen molar-refractivity contribution in [2.75, 3.05) is 11.9 Å². The largest absolute Gasteiger partial charge is 0.471 e. The van der Waals surface area contributed by atoms with Crippen molar-refractivity contribution in [2.45, 2.75) is 63.5 Å². The number of anilines is 1. The van der Waals surface area contributed by atoms with Crippen LogP contribution in [0.4, 0.5) is 18.9 Å². The molecule has 41 heavy (non-hydrogen) atoms. The van der Waals surface area contributed by atoms with Crippen LogP contribution in [0.15, 0.2) is 48.5 Å². The van der Waals surface area contributed by atoms with E-state index in [1.54, 1.807) is 53.8 Å². The van der Waals surface area contributed by atoms with Crippen LogP contribution in [0.2, 0.25) is 5.02 Å². The molecule has 0 unspecified atom stereocenters. The molecule has 1 fully saturated rings.